The minimum atomic E-state index is 0.303. The van der Waals surface area contributed by atoms with E-state index < -0.39 is 0 Å². The first-order chi connectivity index (χ1) is 11.7. The van der Waals surface area contributed by atoms with Crippen LogP contribution in [-0.2, 0) is 11.2 Å². The molecule has 1 aromatic rings. The predicted molar refractivity (Wildman–Crippen MR) is 96.7 cm³/mol. The SMILES string of the molecule is C=CCCN1CCC[C@]2(CCC(=O)N(CCc3ccccn3)C2)C1. The van der Waals surface area contributed by atoms with E-state index in [0.717, 1.165) is 51.1 Å². The van der Waals surface area contributed by atoms with Gasteiger partial charge in [0.1, 0.15) is 0 Å². The van der Waals surface area contributed by atoms with Crippen LogP contribution < -0.4 is 0 Å². The van der Waals surface area contributed by atoms with Crippen molar-refractivity contribution < 1.29 is 4.79 Å². The molecule has 1 atom stereocenters. The summed E-state index contributed by atoms with van der Waals surface area (Å²) in [6, 6.07) is 5.99. The van der Waals surface area contributed by atoms with Gasteiger partial charge in [-0.3, -0.25) is 9.78 Å². The average Bonchev–Trinajstić information content (AvgIpc) is 2.62. The molecule has 1 spiro atoms. The zero-order valence-electron chi connectivity index (χ0n) is 14.6. The third-order valence-electron chi connectivity index (χ3n) is 5.50. The van der Waals surface area contributed by atoms with Gasteiger partial charge in [-0.2, -0.15) is 0 Å². The lowest BCUT2D eigenvalue weighted by atomic mass is 9.73. The third-order valence-corrected chi connectivity index (χ3v) is 5.50. The number of carbonyl (C=O) groups excluding carboxylic acids is 1. The molecule has 3 rings (SSSR count). The second-order valence-corrected chi connectivity index (χ2v) is 7.34. The van der Waals surface area contributed by atoms with Gasteiger partial charge in [-0.1, -0.05) is 12.1 Å². The van der Waals surface area contributed by atoms with Gasteiger partial charge in [-0.15, -0.1) is 6.58 Å². The first kappa shape index (κ1) is 17.2. The summed E-state index contributed by atoms with van der Waals surface area (Å²) in [6.07, 6.45) is 10.00. The van der Waals surface area contributed by atoms with Crippen molar-refractivity contribution >= 4 is 5.91 Å². The van der Waals surface area contributed by atoms with E-state index in [1.807, 2.05) is 30.5 Å². The smallest absolute Gasteiger partial charge is 0.222 e. The van der Waals surface area contributed by atoms with Crippen LogP contribution in [0.5, 0.6) is 0 Å². The van der Waals surface area contributed by atoms with Crippen molar-refractivity contribution in [1.29, 1.82) is 0 Å². The Kier molecular flexibility index (Phi) is 5.67. The molecular weight excluding hydrogens is 298 g/mol. The molecule has 4 heteroatoms. The Morgan fingerprint density at radius 3 is 2.96 bits per heavy atom. The molecule has 24 heavy (non-hydrogen) atoms. The zero-order chi connectivity index (χ0) is 16.8. The van der Waals surface area contributed by atoms with Crippen LogP contribution in [-0.4, -0.2) is 53.4 Å². The van der Waals surface area contributed by atoms with E-state index in [9.17, 15) is 4.79 Å². The average molecular weight is 327 g/mol. The van der Waals surface area contributed by atoms with Gasteiger partial charge < -0.3 is 9.80 Å². The van der Waals surface area contributed by atoms with Gasteiger partial charge in [0.2, 0.25) is 5.91 Å². The van der Waals surface area contributed by atoms with Gasteiger partial charge in [-0.05, 0) is 44.4 Å². The van der Waals surface area contributed by atoms with E-state index in [-0.39, 0.29) is 0 Å². The maximum absolute atomic E-state index is 12.4. The van der Waals surface area contributed by atoms with Gasteiger partial charge in [0.25, 0.3) is 0 Å². The lowest BCUT2D eigenvalue weighted by Crippen LogP contribution is -2.54. The molecule has 3 heterocycles. The number of aromatic nitrogens is 1. The predicted octanol–water partition coefficient (Wildman–Crippen LogP) is 2.90. The van der Waals surface area contributed by atoms with Crippen molar-refractivity contribution in [3.63, 3.8) is 0 Å². The standard InChI is InChI=1S/C20H29N3O/c1-2-3-13-22-14-6-10-20(16-22)11-8-19(24)23(17-20)15-9-18-7-4-5-12-21-18/h2,4-5,7,12H,1,3,6,8-11,13-17H2/t20-/m0/s1. The normalized spacial score (nSPS) is 25.2. The maximum Gasteiger partial charge on any atom is 0.222 e. The van der Waals surface area contributed by atoms with E-state index in [2.05, 4.69) is 21.4 Å². The fraction of sp³-hybridized carbons (Fsp3) is 0.600. The maximum atomic E-state index is 12.4. The molecule has 0 unspecified atom stereocenters. The van der Waals surface area contributed by atoms with Crippen LogP contribution in [0.1, 0.15) is 37.8 Å². The molecule has 1 aromatic heterocycles. The van der Waals surface area contributed by atoms with Crippen LogP contribution in [0.2, 0.25) is 0 Å². The molecule has 2 fully saturated rings. The summed E-state index contributed by atoms with van der Waals surface area (Å²) in [5.74, 6) is 0.319. The Morgan fingerprint density at radius 1 is 1.25 bits per heavy atom. The van der Waals surface area contributed by atoms with E-state index >= 15 is 0 Å². The highest BCUT2D eigenvalue weighted by Crippen LogP contribution is 2.38. The van der Waals surface area contributed by atoms with Crippen LogP contribution in [0.25, 0.3) is 0 Å². The summed E-state index contributed by atoms with van der Waals surface area (Å²) in [4.78, 5) is 21.4. The second kappa shape index (κ2) is 7.93. The largest absolute Gasteiger partial charge is 0.342 e. The fourth-order valence-electron chi connectivity index (χ4n) is 4.21. The highest BCUT2D eigenvalue weighted by molar-refractivity contribution is 5.77. The molecule has 2 saturated heterocycles. The molecule has 0 saturated carbocycles. The quantitative estimate of drug-likeness (QED) is 0.754. The summed E-state index contributed by atoms with van der Waals surface area (Å²) in [7, 11) is 0. The van der Waals surface area contributed by atoms with Crippen LogP contribution in [0.15, 0.2) is 37.1 Å². The molecular formula is C20H29N3O. The Bertz CT molecular complexity index is 559. The minimum Gasteiger partial charge on any atom is -0.342 e. The Morgan fingerprint density at radius 2 is 2.17 bits per heavy atom. The number of hydrogen-bond donors (Lipinski definition) is 0. The van der Waals surface area contributed by atoms with E-state index in [0.29, 0.717) is 17.7 Å². The van der Waals surface area contributed by atoms with Gasteiger partial charge in [0, 0.05) is 56.3 Å². The molecule has 0 N–H and O–H groups in total. The summed E-state index contributed by atoms with van der Waals surface area (Å²) in [6.45, 7) is 8.98. The topological polar surface area (TPSA) is 36.4 Å². The fourth-order valence-corrected chi connectivity index (χ4v) is 4.21. The molecule has 0 aromatic carbocycles. The van der Waals surface area contributed by atoms with Gasteiger partial charge >= 0.3 is 0 Å². The van der Waals surface area contributed by atoms with Gasteiger partial charge in [0.05, 0.1) is 0 Å². The molecule has 2 aliphatic rings. The molecule has 0 bridgehead atoms. The highest BCUT2D eigenvalue weighted by Gasteiger charge is 2.41. The molecule has 1 amide bonds. The Hall–Kier alpha value is -1.68. The summed E-state index contributed by atoms with van der Waals surface area (Å²) >= 11 is 0. The summed E-state index contributed by atoms with van der Waals surface area (Å²) in [5, 5.41) is 0. The number of rotatable bonds is 6. The van der Waals surface area contributed by atoms with Crippen LogP contribution in [0.3, 0.4) is 0 Å². The summed E-state index contributed by atoms with van der Waals surface area (Å²) < 4.78 is 0. The number of likely N-dealkylation sites (tertiary alicyclic amines) is 2. The number of amides is 1. The Labute approximate surface area is 145 Å². The first-order valence-corrected chi connectivity index (χ1v) is 9.22. The van der Waals surface area contributed by atoms with Crippen molar-refractivity contribution in [3.8, 4) is 0 Å². The highest BCUT2D eigenvalue weighted by atomic mass is 16.2. The van der Waals surface area contributed by atoms with Crippen molar-refractivity contribution in [2.75, 3.05) is 32.7 Å². The molecule has 130 valence electrons. The summed E-state index contributed by atoms with van der Waals surface area (Å²) in [5.41, 5.74) is 1.37. The van der Waals surface area contributed by atoms with Gasteiger partial charge in [0.15, 0.2) is 0 Å². The molecule has 4 nitrogen and oxygen atoms in total. The number of pyridine rings is 1. The third kappa shape index (κ3) is 4.23. The molecule has 0 aliphatic carbocycles. The number of hydrogen-bond acceptors (Lipinski definition) is 3. The number of nitrogens with zero attached hydrogens (tertiary/aromatic N) is 3. The second-order valence-electron chi connectivity index (χ2n) is 7.34. The molecule has 0 radical (unpaired) electrons. The van der Waals surface area contributed by atoms with E-state index in [4.69, 9.17) is 0 Å². The lowest BCUT2D eigenvalue weighted by molar-refractivity contribution is -0.139. The van der Waals surface area contributed by atoms with E-state index in [1.165, 1.54) is 19.4 Å². The van der Waals surface area contributed by atoms with Crippen molar-refractivity contribution in [2.45, 2.75) is 38.5 Å². The molecule has 2 aliphatic heterocycles. The Balaban J connectivity index is 1.59. The number of carbonyl (C=O) groups is 1. The van der Waals surface area contributed by atoms with Gasteiger partial charge in [-0.25, -0.2) is 0 Å². The van der Waals surface area contributed by atoms with E-state index in [1.54, 1.807) is 0 Å². The van der Waals surface area contributed by atoms with Crippen LogP contribution >= 0.6 is 0 Å². The lowest BCUT2D eigenvalue weighted by Gasteiger charge is -2.48. The zero-order valence-corrected chi connectivity index (χ0v) is 14.6. The van der Waals surface area contributed by atoms with Crippen LogP contribution in [0.4, 0.5) is 0 Å². The number of piperidine rings is 2. The monoisotopic (exact) mass is 327 g/mol. The first-order valence-electron chi connectivity index (χ1n) is 9.22. The van der Waals surface area contributed by atoms with Crippen molar-refractivity contribution in [3.05, 3.63) is 42.7 Å². The van der Waals surface area contributed by atoms with Crippen molar-refractivity contribution in [2.24, 2.45) is 5.41 Å². The minimum absolute atomic E-state index is 0.303. The van der Waals surface area contributed by atoms with Crippen LogP contribution in [0, 0.1) is 5.41 Å². The van der Waals surface area contributed by atoms with Crippen molar-refractivity contribution in [1.82, 2.24) is 14.8 Å².